The Balaban J connectivity index is 1.49. The lowest BCUT2D eigenvalue weighted by atomic mass is 9.84. The van der Waals surface area contributed by atoms with Crippen LogP contribution in [0.4, 0.5) is 4.79 Å². The first-order valence-electron chi connectivity index (χ1n) is 10.3. The van der Waals surface area contributed by atoms with Gasteiger partial charge in [0.25, 0.3) is 0 Å². The molecule has 0 saturated carbocycles. The van der Waals surface area contributed by atoms with Crippen LogP contribution in [-0.2, 0) is 4.74 Å². The molecule has 0 spiro atoms. The van der Waals surface area contributed by atoms with Crippen molar-refractivity contribution in [1.82, 2.24) is 9.80 Å². The van der Waals surface area contributed by atoms with E-state index >= 15 is 0 Å². The van der Waals surface area contributed by atoms with E-state index in [0.29, 0.717) is 42.8 Å². The van der Waals surface area contributed by atoms with E-state index in [0.717, 1.165) is 19.5 Å². The number of ether oxygens (including phenoxy) is 2. The average molecular weight is 402 g/mol. The Bertz CT molecular complexity index is 727. The quantitative estimate of drug-likeness (QED) is 0.788. The summed E-state index contributed by atoms with van der Waals surface area (Å²) >= 11 is 0. The van der Waals surface area contributed by atoms with E-state index in [-0.39, 0.29) is 18.8 Å². The van der Waals surface area contributed by atoms with Crippen LogP contribution in [-0.4, -0.2) is 72.0 Å². The average Bonchev–Trinajstić information content (AvgIpc) is 2.65. The topological polar surface area (TPSA) is 86.0 Å². The first-order chi connectivity index (χ1) is 13.7. The number of hydrogen-bond donors (Lipinski definition) is 1. The molecule has 158 valence electrons. The summed E-state index contributed by atoms with van der Waals surface area (Å²) in [6.45, 7) is 9.35. The molecule has 1 aromatic rings. The summed E-state index contributed by atoms with van der Waals surface area (Å²) < 4.78 is 11.1. The first-order valence-corrected chi connectivity index (χ1v) is 10.3. The number of hydrogen-bond acceptors (Lipinski definition) is 6. The van der Waals surface area contributed by atoms with Crippen molar-refractivity contribution in [2.45, 2.75) is 38.9 Å². The molecule has 29 heavy (non-hydrogen) atoms. The van der Waals surface area contributed by atoms with Crippen LogP contribution in [0.25, 0.3) is 0 Å². The fraction of sp³-hybridized carbons (Fsp3) is 0.636. The van der Waals surface area contributed by atoms with Gasteiger partial charge >= 0.3 is 6.09 Å². The number of benzene rings is 1. The minimum absolute atomic E-state index is 0.105. The lowest BCUT2D eigenvalue weighted by Crippen LogP contribution is -2.57. The Hall–Kier alpha value is -2.30. The minimum atomic E-state index is -0.990. The number of aliphatic hydroxyl groups is 1. The monoisotopic (exact) mass is 401 g/mol. The van der Waals surface area contributed by atoms with Gasteiger partial charge in [-0.25, -0.2) is 4.79 Å². The van der Waals surface area contributed by atoms with E-state index in [1.807, 2.05) is 18.7 Å². The maximum Gasteiger partial charge on any atom is 0.410 e. The Kier molecular flexibility index (Phi) is 6.66. The molecule has 2 saturated heterocycles. The SMILES string of the molecule is CC(C)OC(=O)N1CC2CC(CN(C[C@](C)(O)COc3ccc(C#N)cc3)C2)C1. The van der Waals surface area contributed by atoms with Crippen LogP contribution in [0.1, 0.15) is 32.8 Å². The molecule has 1 aromatic carbocycles. The Morgan fingerprint density at radius 1 is 1.24 bits per heavy atom. The number of fused-ring (bicyclic) bond motifs is 2. The third-order valence-corrected chi connectivity index (χ3v) is 5.35. The fourth-order valence-corrected chi connectivity index (χ4v) is 4.33. The Morgan fingerprint density at radius 2 is 1.86 bits per heavy atom. The van der Waals surface area contributed by atoms with E-state index in [1.54, 1.807) is 31.2 Å². The van der Waals surface area contributed by atoms with Gasteiger partial charge in [0, 0.05) is 32.7 Å². The van der Waals surface area contributed by atoms with E-state index in [9.17, 15) is 9.90 Å². The molecule has 2 bridgehead atoms. The molecular weight excluding hydrogens is 370 g/mol. The van der Waals surface area contributed by atoms with Crippen LogP contribution in [0.2, 0.25) is 0 Å². The fourth-order valence-electron chi connectivity index (χ4n) is 4.33. The van der Waals surface area contributed by atoms with E-state index in [4.69, 9.17) is 14.7 Å². The summed E-state index contributed by atoms with van der Waals surface area (Å²) in [5.74, 6) is 1.44. The summed E-state index contributed by atoms with van der Waals surface area (Å²) in [6, 6.07) is 8.96. The molecule has 2 unspecified atom stereocenters. The number of carbonyl (C=O) groups excluding carboxylic acids is 1. The van der Waals surface area contributed by atoms with Crippen molar-refractivity contribution < 1.29 is 19.4 Å². The predicted molar refractivity (Wildman–Crippen MR) is 109 cm³/mol. The molecule has 2 aliphatic heterocycles. The second-order valence-electron chi connectivity index (χ2n) is 8.92. The molecule has 2 heterocycles. The highest BCUT2D eigenvalue weighted by atomic mass is 16.6. The number of amides is 1. The zero-order valence-corrected chi connectivity index (χ0v) is 17.5. The summed E-state index contributed by atoms with van der Waals surface area (Å²) in [7, 11) is 0. The van der Waals surface area contributed by atoms with Gasteiger partial charge < -0.3 is 19.5 Å². The highest BCUT2D eigenvalue weighted by molar-refractivity contribution is 5.68. The molecular formula is C22H31N3O4. The molecule has 0 radical (unpaired) electrons. The van der Waals surface area contributed by atoms with Gasteiger partial charge in [-0.3, -0.25) is 4.90 Å². The van der Waals surface area contributed by atoms with Gasteiger partial charge in [-0.2, -0.15) is 5.26 Å². The van der Waals surface area contributed by atoms with Crippen molar-refractivity contribution in [3.05, 3.63) is 29.8 Å². The number of likely N-dealkylation sites (tertiary alicyclic amines) is 2. The molecule has 7 nitrogen and oxygen atoms in total. The van der Waals surface area contributed by atoms with Crippen molar-refractivity contribution >= 4 is 6.09 Å². The van der Waals surface area contributed by atoms with E-state index in [2.05, 4.69) is 11.0 Å². The second kappa shape index (κ2) is 9.02. The van der Waals surface area contributed by atoms with Gasteiger partial charge in [-0.15, -0.1) is 0 Å². The summed E-state index contributed by atoms with van der Waals surface area (Å²) in [5.41, 5.74) is -0.411. The van der Waals surface area contributed by atoms with Gasteiger partial charge in [0.05, 0.1) is 17.7 Å². The van der Waals surface area contributed by atoms with Crippen molar-refractivity contribution in [1.29, 1.82) is 5.26 Å². The van der Waals surface area contributed by atoms with Crippen LogP contribution in [0.15, 0.2) is 24.3 Å². The van der Waals surface area contributed by atoms with E-state index in [1.165, 1.54) is 0 Å². The summed E-state index contributed by atoms with van der Waals surface area (Å²) in [6.07, 6.45) is 0.796. The third kappa shape index (κ3) is 6.09. The van der Waals surface area contributed by atoms with Gasteiger partial charge in [0.15, 0.2) is 0 Å². The molecule has 3 rings (SSSR count). The highest BCUT2D eigenvalue weighted by Gasteiger charge is 2.38. The highest BCUT2D eigenvalue weighted by Crippen LogP contribution is 2.30. The summed E-state index contributed by atoms with van der Waals surface area (Å²) in [5, 5.41) is 19.7. The first kappa shape index (κ1) is 21.4. The minimum Gasteiger partial charge on any atom is -0.491 e. The van der Waals surface area contributed by atoms with Crippen molar-refractivity contribution in [3.63, 3.8) is 0 Å². The van der Waals surface area contributed by atoms with Crippen molar-refractivity contribution in [2.24, 2.45) is 11.8 Å². The van der Waals surface area contributed by atoms with Crippen LogP contribution in [0, 0.1) is 23.2 Å². The summed E-state index contributed by atoms with van der Waals surface area (Å²) in [4.78, 5) is 16.3. The molecule has 7 heteroatoms. The second-order valence-corrected chi connectivity index (χ2v) is 8.92. The zero-order valence-electron chi connectivity index (χ0n) is 17.5. The zero-order chi connectivity index (χ0) is 21.0. The molecule has 1 amide bonds. The van der Waals surface area contributed by atoms with Crippen LogP contribution in [0.5, 0.6) is 5.75 Å². The normalized spacial score (nSPS) is 23.9. The Morgan fingerprint density at radius 3 is 2.41 bits per heavy atom. The number of β-amino-alcohol motifs (C(OH)–C–C–N with tert-alkyl or cyclic N) is 1. The number of nitriles is 1. The lowest BCUT2D eigenvalue weighted by molar-refractivity contribution is -0.0464. The number of nitrogens with zero attached hydrogens (tertiary/aromatic N) is 3. The number of piperidine rings is 2. The third-order valence-electron chi connectivity index (χ3n) is 5.35. The van der Waals surface area contributed by atoms with Gasteiger partial charge in [0.2, 0.25) is 0 Å². The van der Waals surface area contributed by atoms with Crippen molar-refractivity contribution in [2.75, 3.05) is 39.3 Å². The maximum atomic E-state index is 12.2. The molecule has 0 aromatic heterocycles. The van der Waals surface area contributed by atoms with Crippen LogP contribution in [0.3, 0.4) is 0 Å². The number of carbonyl (C=O) groups is 1. The molecule has 0 aliphatic carbocycles. The molecule has 3 atom stereocenters. The standard InChI is InChI=1S/C22H31N3O4/c1-16(2)29-21(26)25-12-18-8-19(13-25)11-24(10-18)14-22(3,27)15-28-20-6-4-17(9-23)5-7-20/h4-7,16,18-19,27H,8,10-15H2,1-3H3/t18?,19?,22-/m0/s1. The van der Waals surface area contributed by atoms with Crippen LogP contribution >= 0.6 is 0 Å². The predicted octanol–water partition coefficient (Wildman–Crippen LogP) is 2.49. The lowest BCUT2D eigenvalue weighted by Gasteiger charge is -2.46. The maximum absolute atomic E-state index is 12.2. The molecule has 2 fully saturated rings. The molecule has 2 aliphatic rings. The smallest absolute Gasteiger partial charge is 0.410 e. The Labute approximate surface area is 172 Å². The van der Waals surface area contributed by atoms with E-state index < -0.39 is 5.60 Å². The largest absolute Gasteiger partial charge is 0.491 e. The van der Waals surface area contributed by atoms with Gasteiger partial charge in [0.1, 0.15) is 18.0 Å². The van der Waals surface area contributed by atoms with Gasteiger partial charge in [-0.05, 0) is 63.3 Å². The van der Waals surface area contributed by atoms with Crippen LogP contribution < -0.4 is 4.74 Å². The molecule has 1 N–H and O–H groups in total. The number of rotatable bonds is 6. The van der Waals surface area contributed by atoms with Crippen molar-refractivity contribution in [3.8, 4) is 11.8 Å². The van der Waals surface area contributed by atoms with Gasteiger partial charge in [-0.1, -0.05) is 0 Å².